The third-order valence-electron chi connectivity index (χ3n) is 4.02. The highest BCUT2D eigenvalue weighted by Gasteiger charge is 2.35. The summed E-state index contributed by atoms with van der Waals surface area (Å²) in [4.78, 5) is 12.3. The third kappa shape index (κ3) is 4.18. The number of alkyl halides is 3. The van der Waals surface area contributed by atoms with Crippen molar-refractivity contribution < 1.29 is 18.0 Å². The second kappa shape index (κ2) is 6.90. The summed E-state index contributed by atoms with van der Waals surface area (Å²) in [5.74, 6) is -0.704. The number of anilines is 1. The number of nitrogens with one attached hydrogen (secondary N) is 1. The molecule has 6 nitrogen and oxygen atoms in total. The van der Waals surface area contributed by atoms with Gasteiger partial charge in [0.2, 0.25) is 0 Å². The molecule has 2 heterocycles. The SMILES string of the molecule is Cc1cc(C)n(Cc2cccc(NC(=O)c3cc(C(F)(F)F)n(C)n3)c2)n1. The first kappa shape index (κ1) is 18.7. The zero-order valence-electron chi connectivity index (χ0n) is 15.0. The second-order valence-electron chi connectivity index (χ2n) is 6.28. The van der Waals surface area contributed by atoms with Crippen LogP contribution in [0.4, 0.5) is 18.9 Å². The Kier molecular flexibility index (Phi) is 4.77. The molecule has 0 aliphatic carbocycles. The Balaban J connectivity index is 1.76. The molecule has 0 saturated carbocycles. The molecule has 3 aromatic rings. The molecule has 0 bridgehead atoms. The predicted molar refractivity (Wildman–Crippen MR) is 93.4 cm³/mol. The van der Waals surface area contributed by atoms with Gasteiger partial charge in [-0.25, -0.2) is 0 Å². The molecule has 0 radical (unpaired) electrons. The van der Waals surface area contributed by atoms with Crippen LogP contribution in [0.3, 0.4) is 0 Å². The number of nitrogens with zero attached hydrogens (tertiary/aromatic N) is 4. The van der Waals surface area contributed by atoms with E-state index in [0.29, 0.717) is 16.9 Å². The van der Waals surface area contributed by atoms with Crippen molar-refractivity contribution in [1.29, 1.82) is 0 Å². The molecule has 0 aliphatic rings. The van der Waals surface area contributed by atoms with Crippen LogP contribution in [0.5, 0.6) is 0 Å². The first-order valence-electron chi connectivity index (χ1n) is 8.16. The van der Waals surface area contributed by atoms with Crippen molar-refractivity contribution in [3.63, 3.8) is 0 Å². The van der Waals surface area contributed by atoms with E-state index >= 15 is 0 Å². The normalized spacial score (nSPS) is 11.6. The summed E-state index contributed by atoms with van der Waals surface area (Å²) in [6.45, 7) is 4.37. The van der Waals surface area contributed by atoms with Crippen molar-refractivity contribution in [1.82, 2.24) is 19.6 Å². The lowest BCUT2D eigenvalue weighted by Crippen LogP contribution is -2.13. The molecular formula is C18H18F3N5O. The van der Waals surface area contributed by atoms with Gasteiger partial charge in [0.15, 0.2) is 5.69 Å². The van der Waals surface area contributed by atoms with Crippen LogP contribution in [-0.2, 0) is 19.8 Å². The smallest absolute Gasteiger partial charge is 0.321 e. The maximum atomic E-state index is 12.8. The molecule has 9 heteroatoms. The molecule has 2 aromatic heterocycles. The van der Waals surface area contributed by atoms with Crippen LogP contribution < -0.4 is 5.32 Å². The van der Waals surface area contributed by atoms with Crippen LogP contribution >= 0.6 is 0 Å². The quantitative estimate of drug-likeness (QED) is 0.756. The van der Waals surface area contributed by atoms with Gasteiger partial charge in [-0.05, 0) is 37.6 Å². The Hall–Kier alpha value is -3.10. The molecule has 0 unspecified atom stereocenters. The molecule has 27 heavy (non-hydrogen) atoms. The maximum absolute atomic E-state index is 12.8. The molecule has 142 valence electrons. The lowest BCUT2D eigenvalue weighted by molar-refractivity contribution is -0.143. The summed E-state index contributed by atoms with van der Waals surface area (Å²) in [7, 11) is 1.15. The van der Waals surface area contributed by atoms with Crippen LogP contribution in [0, 0.1) is 13.8 Å². The number of rotatable bonds is 4. The molecule has 1 N–H and O–H groups in total. The summed E-state index contributed by atoms with van der Waals surface area (Å²) in [5, 5.41) is 10.6. The van der Waals surface area contributed by atoms with Gasteiger partial charge in [0.05, 0.1) is 12.2 Å². The molecule has 0 spiro atoms. The number of hydrogen-bond donors (Lipinski definition) is 1. The molecule has 1 aromatic carbocycles. The zero-order valence-corrected chi connectivity index (χ0v) is 15.0. The summed E-state index contributed by atoms with van der Waals surface area (Å²) >= 11 is 0. The number of halogens is 3. The average Bonchev–Trinajstić information content (AvgIpc) is 3.10. The molecule has 3 rings (SSSR count). The van der Waals surface area contributed by atoms with Crippen molar-refractivity contribution >= 4 is 11.6 Å². The van der Waals surface area contributed by atoms with Gasteiger partial charge < -0.3 is 5.32 Å². The number of amides is 1. The van der Waals surface area contributed by atoms with E-state index in [1.807, 2.05) is 30.7 Å². The number of aryl methyl sites for hydroxylation is 3. The molecular weight excluding hydrogens is 359 g/mol. The van der Waals surface area contributed by atoms with Gasteiger partial charge in [-0.1, -0.05) is 12.1 Å². The Labute approximate surface area is 153 Å². The average molecular weight is 377 g/mol. The highest BCUT2D eigenvalue weighted by molar-refractivity contribution is 6.03. The van der Waals surface area contributed by atoms with Crippen LogP contribution in [0.2, 0.25) is 0 Å². The van der Waals surface area contributed by atoms with E-state index in [4.69, 9.17) is 0 Å². The monoisotopic (exact) mass is 377 g/mol. The van der Waals surface area contributed by atoms with Gasteiger partial charge in [-0.15, -0.1) is 0 Å². The number of hydrogen-bond acceptors (Lipinski definition) is 3. The minimum atomic E-state index is -4.57. The molecule has 0 saturated heterocycles. The van der Waals surface area contributed by atoms with E-state index in [1.54, 1.807) is 18.2 Å². The number of carbonyl (C=O) groups is 1. The fourth-order valence-corrected chi connectivity index (χ4v) is 2.79. The van der Waals surface area contributed by atoms with Crippen molar-refractivity contribution in [3.05, 3.63) is 64.7 Å². The van der Waals surface area contributed by atoms with E-state index in [0.717, 1.165) is 30.1 Å². The summed E-state index contributed by atoms with van der Waals surface area (Å²) in [6, 6.07) is 9.75. The summed E-state index contributed by atoms with van der Waals surface area (Å²) in [5.41, 5.74) is 2.01. The number of carbonyl (C=O) groups excluding carboxylic acids is 1. The first-order chi connectivity index (χ1) is 12.6. The van der Waals surface area contributed by atoms with Gasteiger partial charge in [-0.2, -0.15) is 23.4 Å². The fraction of sp³-hybridized carbons (Fsp3) is 0.278. The molecule has 0 aliphatic heterocycles. The van der Waals surface area contributed by atoms with E-state index in [-0.39, 0.29) is 5.69 Å². The largest absolute Gasteiger partial charge is 0.433 e. The minimum absolute atomic E-state index is 0.297. The number of benzene rings is 1. The predicted octanol–water partition coefficient (Wildman–Crippen LogP) is 3.55. The Morgan fingerprint density at radius 1 is 1.15 bits per heavy atom. The maximum Gasteiger partial charge on any atom is 0.433 e. The molecule has 1 amide bonds. The van der Waals surface area contributed by atoms with Gasteiger partial charge in [0.1, 0.15) is 5.69 Å². The third-order valence-corrected chi connectivity index (χ3v) is 4.02. The van der Waals surface area contributed by atoms with Crippen molar-refractivity contribution in [2.45, 2.75) is 26.6 Å². The van der Waals surface area contributed by atoms with Crippen molar-refractivity contribution in [2.75, 3.05) is 5.32 Å². The minimum Gasteiger partial charge on any atom is -0.321 e. The second-order valence-corrected chi connectivity index (χ2v) is 6.28. The van der Waals surface area contributed by atoms with Crippen molar-refractivity contribution in [3.8, 4) is 0 Å². The zero-order chi connectivity index (χ0) is 19.8. The summed E-state index contributed by atoms with van der Waals surface area (Å²) in [6.07, 6.45) is -4.57. The van der Waals surface area contributed by atoms with Gasteiger partial charge in [0, 0.05) is 24.5 Å². The van der Waals surface area contributed by atoms with E-state index in [2.05, 4.69) is 15.5 Å². The Morgan fingerprint density at radius 3 is 2.48 bits per heavy atom. The Morgan fingerprint density at radius 2 is 1.89 bits per heavy atom. The van der Waals surface area contributed by atoms with Gasteiger partial charge >= 0.3 is 6.18 Å². The van der Waals surface area contributed by atoms with Gasteiger partial charge in [-0.3, -0.25) is 14.2 Å². The van der Waals surface area contributed by atoms with Crippen LogP contribution in [-0.4, -0.2) is 25.5 Å². The van der Waals surface area contributed by atoms with Gasteiger partial charge in [0.25, 0.3) is 5.91 Å². The van der Waals surface area contributed by atoms with E-state index in [9.17, 15) is 18.0 Å². The summed E-state index contributed by atoms with van der Waals surface area (Å²) < 4.78 is 41.0. The van der Waals surface area contributed by atoms with Crippen molar-refractivity contribution in [2.24, 2.45) is 7.05 Å². The van der Waals surface area contributed by atoms with E-state index in [1.165, 1.54) is 0 Å². The lowest BCUT2D eigenvalue weighted by atomic mass is 10.2. The molecule has 0 fully saturated rings. The topological polar surface area (TPSA) is 64.7 Å². The molecule has 0 atom stereocenters. The van der Waals surface area contributed by atoms with Crippen LogP contribution in [0.15, 0.2) is 36.4 Å². The standard InChI is InChI=1S/C18H18F3N5O/c1-11-7-12(2)26(23-11)10-13-5-4-6-14(8-13)22-17(27)15-9-16(18(19,20)21)25(3)24-15/h4-9H,10H2,1-3H3,(H,22,27). The Bertz CT molecular complexity index is 987. The van der Waals surface area contributed by atoms with E-state index < -0.39 is 17.8 Å². The highest BCUT2D eigenvalue weighted by Crippen LogP contribution is 2.29. The van der Waals surface area contributed by atoms with Crippen LogP contribution in [0.1, 0.15) is 33.1 Å². The fourth-order valence-electron chi connectivity index (χ4n) is 2.79. The van der Waals surface area contributed by atoms with Crippen LogP contribution in [0.25, 0.3) is 0 Å². The number of aromatic nitrogens is 4. The first-order valence-corrected chi connectivity index (χ1v) is 8.16. The highest BCUT2D eigenvalue weighted by atomic mass is 19.4. The lowest BCUT2D eigenvalue weighted by Gasteiger charge is -2.08.